The van der Waals surface area contributed by atoms with Crippen LogP contribution in [-0.4, -0.2) is 32.3 Å². The Hall–Kier alpha value is -3.19. The lowest BCUT2D eigenvalue weighted by molar-refractivity contribution is 0.0950. The fraction of sp³-hybridized carbons (Fsp3) is 0.0588. The van der Waals surface area contributed by atoms with Crippen molar-refractivity contribution in [2.75, 3.05) is 0 Å². The Balaban J connectivity index is 1.60. The van der Waals surface area contributed by atoms with Gasteiger partial charge < -0.3 is 4.98 Å². The molecule has 0 saturated heterocycles. The van der Waals surface area contributed by atoms with E-state index in [-0.39, 0.29) is 5.69 Å². The first kappa shape index (κ1) is 15.3. The SMILES string of the molecule is Cc1[nH]nc(Cl)c1/C=N\NC(=O)c1cc2c(cn1)[nH]c1ccccc12. The molecule has 0 aliphatic heterocycles. The molecular formula is C17H13ClN6O. The smallest absolute Gasteiger partial charge is 0.289 e. The van der Waals surface area contributed by atoms with Crippen LogP contribution in [0.3, 0.4) is 0 Å². The molecule has 0 unspecified atom stereocenters. The molecule has 3 heterocycles. The molecule has 0 aliphatic rings. The topological polar surface area (TPSA) is 98.8 Å². The molecule has 124 valence electrons. The van der Waals surface area contributed by atoms with E-state index in [4.69, 9.17) is 11.6 Å². The summed E-state index contributed by atoms with van der Waals surface area (Å²) in [6.45, 7) is 1.81. The van der Waals surface area contributed by atoms with Crippen molar-refractivity contribution in [2.24, 2.45) is 5.10 Å². The van der Waals surface area contributed by atoms with Crippen LogP contribution in [-0.2, 0) is 0 Å². The Morgan fingerprint density at radius 2 is 2.12 bits per heavy atom. The minimum Gasteiger partial charge on any atom is -0.353 e. The summed E-state index contributed by atoms with van der Waals surface area (Å²) in [7, 11) is 0. The number of nitrogens with one attached hydrogen (secondary N) is 3. The van der Waals surface area contributed by atoms with E-state index in [9.17, 15) is 4.79 Å². The molecule has 4 aromatic rings. The van der Waals surface area contributed by atoms with Crippen molar-refractivity contribution in [1.29, 1.82) is 0 Å². The summed E-state index contributed by atoms with van der Waals surface area (Å²) in [5.74, 6) is -0.402. The third-order valence-electron chi connectivity index (χ3n) is 3.93. The number of fused-ring (bicyclic) bond motifs is 3. The number of aryl methyl sites for hydroxylation is 1. The Labute approximate surface area is 147 Å². The summed E-state index contributed by atoms with van der Waals surface area (Å²) in [4.78, 5) is 19.8. The van der Waals surface area contributed by atoms with Gasteiger partial charge in [0.05, 0.1) is 23.5 Å². The number of hydrogen-bond acceptors (Lipinski definition) is 4. The molecule has 8 heteroatoms. The Bertz CT molecular complexity index is 1110. The van der Waals surface area contributed by atoms with Crippen LogP contribution in [0.25, 0.3) is 21.8 Å². The van der Waals surface area contributed by atoms with E-state index in [1.807, 2.05) is 31.2 Å². The normalized spacial score (nSPS) is 11.6. The number of amides is 1. The maximum Gasteiger partial charge on any atom is 0.289 e. The molecule has 25 heavy (non-hydrogen) atoms. The first-order chi connectivity index (χ1) is 12.1. The molecule has 7 nitrogen and oxygen atoms in total. The van der Waals surface area contributed by atoms with Crippen LogP contribution in [0.2, 0.25) is 5.15 Å². The summed E-state index contributed by atoms with van der Waals surface area (Å²) in [5.41, 5.74) is 6.00. The highest BCUT2D eigenvalue weighted by molar-refractivity contribution is 6.32. The maximum absolute atomic E-state index is 12.3. The number of hydrazone groups is 1. The van der Waals surface area contributed by atoms with Gasteiger partial charge in [0.25, 0.3) is 5.91 Å². The van der Waals surface area contributed by atoms with Crippen LogP contribution < -0.4 is 5.43 Å². The predicted octanol–water partition coefficient (Wildman–Crippen LogP) is 3.16. The molecule has 0 aliphatic carbocycles. The molecule has 0 radical (unpaired) electrons. The van der Waals surface area contributed by atoms with Gasteiger partial charge in [-0.3, -0.25) is 9.89 Å². The number of para-hydroxylation sites is 1. The van der Waals surface area contributed by atoms with E-state index in [0.717, 1.165) is 27.5 Å². The average Bonchev–Trinajstić information content (AvgIpc) is 3.15. The van der Waals surface area contributed by atoms with E-state index >= 15 is 0 Å². The van der Waals surface area contributed by atoms with Crippen molar-refractivity contribution in [3.63, 3.8) is 0 Å². The molecule has 3 N–H and O–H groups in total. The molecule has 4 rings (SSSR count). The molecular weight excluding hydrogens is 340 g/mol. The van der Waals surface area contributed by atoms with Gasteiger partial charge in [-0.2, -0.15) is 10.2 Å². The fourth-order valence-electron chi connectivity index (χ4n) is 2.64. The van der Waals surface area contributed by atoms with Crippen LogP contribution in [0, 0.1) is 6.92 Å². The third-order valence-corrected chi connectivity index (χ3v) is 4.22. The lowest BCUT2D eigenvalue weighted by Crippen LogP contribution is -2.18. The van der Waals surface area contributed by atoms with Gasteiger partial charge in [-0.1, -0.05) is 29.8 Å². The minimum atomic E-state index is -0.402. The van der Waals surface area contributed by atoms with Crippen molar-refractivity contribution >= 4 is 45.5 Å². The van der Waals surface area contributed by atoms with Gasteiger partial charge in [0.1, 0.15) is 5.69 Å². The summed E-state index contributed by atoms with van der Waals surface area (Å²) < 4.78 is 0. The largest absolute Gasteiger partial charge is 0.353 e. The van der Waals surface area contributed by atoms with Gasteiger partial charge >= 0.3 is 0 Å². The van der Waals surface area contributed by atoms with Crippen LogP contribution in [0.4, 0.5) is 0 Å². The van der Waals surface area contributed by atoms with Crippen molar-refractivity contribution in [2.45, 2.75) is 6.92 Å². The minimum absolute atomic E-state index is 0.282. The first-order valence-corrected chi connectivity index (χ1v) is 7.91. The quantitative estimate of drug-likeness (QED) is 0.390. The summed E-state index contributed by atoms with van der Waals surface area (Å²) >= 11 is 5.92. The van der Waals surface area contributed by atoms with Gasteiger partial charge in [0.15, 0.2) is 5.15 Å². The van der Waals surface area contributed by atoms with E-state index in [2.05, 4.69) is 30.7 Å². The highest BCUT2D eigenvalue weighted by Gasteiger charge is 2.11. The number of carbonyl (C=O) groups excluding carboxylic acids is 1. The number of aromatic amines is 2. The van der Waals surface area contributed by atoms with Gasteiger partial charge in [-0.15, -0.1) is 0 Å². The highest BCUT2D eigenvalue weighted by atomic mass is 35.5. The third kappa shape index (κ3) is 2.74. The number of nitrogens with zero attached hydrogens (tertiary/aromatic N) is 3. The molecule has 0 fully saturated rings. The van der Waals surface area contributed by atoms with Crippen molar-refractivity contribution < 1.29 is 4.79 Å². The summed E-state index contributed by atoms with van der Waals surface area (Å²) in [6.07, 6.45) is 3.09. The van der Waals surface area contributed by atoms with Crippen LogP contribution >= 0.6 is 11.6 Å². The second kappa shape index (κ2) is 6.03. The second-order valence-electron chi connectivity index (χ2n) is 5.54. The van der Waals surface area contributed by atoms with Crippen LogP contribution in [0.5, 0.6) is 0 Å². The fourth-order valence-corrected chi connectivity index (χ4v) is 2.88. The lowest BCUT2D eigenvalue weighted by Gasteiger charge is -1.99. The highest BCUT2D eigenvalue weighted by Crippen LogP contribution is 2.24. The molecule has 1 aromatic carbocycles. The van der Waals surface area contributed by atoms with E-state index in [1.165, 1.54) is 6.21 Å². The first-order valence-electron chi connectivity index (χ1n) is 7.54. The van der Waals surface area contributed by atoms with Gasteiger partial charge in [0.2, 0.25) is 0 Å². The number of benzene rings is 1. The van der Waals surface area contributed by atoms with Crippen molar-refractivity contribution in [3.05, 3.63) is 58.6 Å². The number of H-pyrrole nitrogens is 2. The summed E-state index contributed by atoms with van der Waals surface area (Å²) in [5, 5.41) is 12.8. The average molecular weight is 353 g/mol. The molecule has 1 amide bonds. The van der Waals surface area contributed by atoms with Crippen molar-refractivity contribution in [3.8, 4) is 0 Å². The van der Waals surface area contributed by atoms with E-state index < -0.39 is 5.91 Å². The van der Waals surface area contributed by atoms with Gasteiger partial charge in [-0.05, 0) is 19.1 Å². The molecule has 0 spiro atoms. The number of hydrogen-bond donors (Lipinski definition) is 3. The Kier molecular flexibility index (Phi) is 3.70. The van der Waals surface area contributed by atoms with E-state index in [0.29, 0.717) is 10.7 Å². The van der Waals surface area contributed by atoms with Gasteiger partial charge in [-0.25, -0.2) is 10.4 Å². The van der Waals surface area contributed by atoms with Gasteiger partial charge in [0, 0.05) is 22.0 Å². The molecule has 0 atom stereocenters. The van der Waals surface area contributed by atoms with Crippen LogP contribution in [0.15, 0.2) is 41.6 Å². The Morgan fingerprint density at radius 1 is 1.28 bits per heavy atom. The number of aromatic nitrogens is 4. The molecule has 3 aromatic heterocycles. The number of rotatable bonds is 3. The molecule has 0 bridgehead atoms. The summed E-state index contributed by atoms with van der Waals surface area (Å²) in [6, 6.07) is 9.64. The standard InChI is InChI=1S/C17H13ClN6O/c1-9-12(16(18)23-22-9)7-20-24-17(25)14-6-11-10-4-2-3-5-13(10)21-15(11)8-19-14/h2-8,21H,1H3,(H,22,23)(H,24,25)/b20-7-. The maximum atomic E-state index is 12.3. The number of carbonyl (C=O) groups is 1. The second-order valence-corrected chi connectivity index (χ2v) is 5.90. The zero-order chi connectivity index (χ0) is 17.4. The predicted molar refractivity (Wildman–Crippen MR) is 97.0 cm³/mol. The van der Waals surface area contributed by atoms with Crippen molar-refractivity contribution in [1.82, 2.24) is 25.6 Å². The lowest BCUT2D eigenvalue weighted by atomic mass is 10.1. The zero-order valence-electron chi connectivity index (χ0n) is 13.2. The number of pyridine rings is 1. The monoisotopic (exact) mass is 352 g/mol. The Morgan fingerprint density at radius 3 is 2.92 bits per heavy atom. The number of halogens is 1. The van der Waals surface area contributed by atoms with E-state index in [1.54, 1.807) is 12.3 Å². The molecule has 0 saturated carbocycles. The zero-order valence-corrected chi connectivity index (χ0v) is 13.9. The van der Waals surface area contributed by atoms with Crippen LogP contribution in [0.1, 0.15) is 21.7 Å².